The first kappa shape index (κ1) is 14.7. The van der Waals surface area contributed by atoms with E-state index in [2.05, 4.69) is 4.72 Å². The van der Waals surface area contributed by atoms with Gasteiger partial charge in [0.15, 0.2) is 0 Å². The highest BCUT2D eigenvalue weighted by Crippen LogP contribution is 2.24. The molecule has 108 valence electrons. The fraction of sp³-hybridized carbons (Fsp3) is 0.0714. The Balaban J connectivity index is 2.36. The van der Waals surface area contributed by atoms with Gasteiger partial charge >= 0.3 is 0 Å². The number of nitrogens with two attached hydrogens (primary N) is 1. The molecule has 2 rings (SSSR count). The van der Waals surface area contributed by atoms with Crippen LogP contribution in [-0.4, -0.2) is 15.5 Å². The van der Waals surface area contributed by atoms with Crippen LogP contribution in [0.15, 0.2) is 47.4 Å². The molecule has 0 aliphatic heterocycles. The Morgan fingerprint density at radius 3 is 2.62 bits per heavy atom. The van der Waals surface area contributed by atoms with Crippen LogP contribution >= 0.6 is 0 Å². The Bertz CT molecular complexity index is 810. The van der Waals surface area contributed by atoms with Crippen molar-refractivity contribution in [2.24, 2.45) is 0 Å². The molecule has 0 saturated heterocycles. The van der Waals surface area contributed by atoms with Crippen molar-refractivity contribution in [3.05, 3.63) is 48.0 Å². The van der Waals surface area contributed by atoms with Gasteiger partial charge in [-0.05, 0) is 30.3 Å². The molecule has 0 heterocycles. The van der Waals surface area contributed by atoms with Crippen molar-refractivity contribution in [2.75, 3.05) is 17.6 Å². The number of nitriles is 1. The Morgan fingerprint density at radius 2 is 2.00 bits per heavy atom. The second-order valence-electron chi connectivity index (χ2n) is 4.20. The second kappa shape index (κ2) is 5.73. The van der Waals surface area contributed by atoms with E-state index in [-0.39, 0.29) is 10.6 Å². The van der Waals surface area contributed by atoms with Crippen molar-refractivity contribution in [1.29, 1.82) is 5.26 Å². The van der Waals surface area contributed by atoms with Gasteiger partial charge in [-0.1, -0.05) is 6.07 Å². The summed E-state index contributed by atoms with van der Waals surface area (Å²) in [7, 11) is -2.34. The van der Waals surface area contributed by atoms with E-state index in [1.54, 1.807) is 24.3 Å². The van der Waals surface area contributed by atoms with Crippen LogP contribution in [0.25, 0.3) is 0 Å². The average Bonchev–Trinajstić information content (AvgIpc) is 2.46. The van der Waals surface area contributed by atoms with Crippen LogP contribution in [-0.2, 0) is 10.0 Å². The molecule has 21 heavy (non-hydrogen) atoms. The second-order valence-corrected chi connectivity index (χ2v) is 5.85. The molecule has 0 fully saturated rings. The van der Waals surface area contributed by atoms with Gasteiger partial charge in [0.25, 0.3) is 10.0 Å². The number of hydrogen-bond donors (Lipinski definition) is 2. The van der Waals surface area contributed by atoms with E-state index >= 15 is 0 Å². The third-order valence-electron chi connectivity index (χ3n) is 2.75. The molecule has 0 amide bonds. The molecule has 0 aliphatic rings. The van der Waals surface area contributed by atoms with Gasteiger partial charge < -0.3 is 10.5 Å². The highest BCUT2D eigenvalue weighted by Gasteiger charge is 2.18. The van der Waals surface area contributed by atoms with Gasteiger partial charge in [0.1, 0.15) is 10.6 Å². The van der Waals surface area contributed by atoms with Gasteiger partial charge in [0.2, 0.25) is 0 Å². The molecule has 0 bridgehead atoms. The Kier molecular flexibility index (Phi) is 4.00. The molecule has 2 aromatic rings. The van der Waals surface area contributed by atoms with Crippen LogP contribution in [0.2, 0.25) is 0 Å². The highest BCUT2D eigenvalue weighted by atomic mass is 32.2. The topological polar surface area (TPSA) is 105 Å². The van der Waals surface area contributed by atoms with Crippen LogP contribution in [0.3, 0.4) is 0 Å². The molecule has 7 heteroatoms. The summed E-state index contributed by atoms with van der Waals surface area (Å²) < 4.78 is 32.1. The summed E-state index contributed by atoms with van der Waals surface area (Å²) in [5, 5.41) is 8.76. The molecule has 2 aromatic carbocycles. The first-order valence-corrected chi connectivity index (χ1v) is 7.41. The maximum atomic E-state index is 12.3. The van der Waals surface area contributed by atoms with E-state index in [1.807, 2.05) is 6.07 Å². The number of nitrogen functional groups attached to an aromatic ring is 1. The van der Waals surface area contributed by atoms with E-state index in [0.717, 1.165) is 0 Å². The molecular formula is C14H13N3O3S. The van der Waals surface area contributed by atoms with Crippen molar-refractivity contribution >= 4 is 21.4 Å². The van der Waals surface area contributed by atoms with Crippen molar-refractivity contribution in [2.45, 2.75) is 4.90 Å². The summed E-state index contributed by atoms with van der Waals surface area (Å²) in [6, 6.07) is 12.4. The molecule has 0 spiro atoms. The van der Waals surface area contributed by atoms with Crippen LogP contribution in [0.4, 0.5) is 11.4 Å². The first-order chi connectivity index (χ1) is 9.96. The summed E-state index contributed by atoms with van der Waals surface area (Å²) in [6.45, 7) is 0. The smallest absolute Gasteiger partial charge is 0.263 e. The zero-order valence-corrected chi connectivity index (χ0v) is 12.0. The van der Waals surface area contributed by atoms with Gasteiger partial charge in [0.05, 0.1) is 30.1 Å². The lowest BCUT2D eigenvalue weighted by molar-refractivity contribution is 0.415. The summed E-state index contributed by atoms with van der Waals surface area (Å²) in [6.07, 6.45) is 0. The van der Waals surface area contributed by atoms with Crippen LogP contribution < -0.4 is 15.2 Å². The quantitative estimate of drug-likeness (QED) is 0.840. The van der Waals surface area contributed by atoms with E-state index in [0.29, 0.717) is 17.0 Å². The molecule has 0 atom stereocenters. The molecule has 0 saturated carbocycles. The summed E-state index contributed by atoms with van der Waals surface area (Å²) in [5.74, 6) is 0.531. The number of hydrogen-bond acceptors (Lipinski definition) is 5. The van der Waals surface area contributed by atoms with Gasteiger partial charge in [-0.3, -0.25) is 4.72 Å². The zero-order valence-electron chi connectivity index (χ0n) is 11.2. The molecule has 0 aliphatic carbocycles. The molecular weight excluding hydrogens is 290 g/mol. The summed E-state index contributed by atoms with van der Waals surface area (Å²) in [5.41, 5.74) is 6.37. The van der Waals surface area contributed by atoms with Crippen molar-refractivity contribution < 1.29 is 13.2 Å². The highest BCUT2D eigenvalue weighted by molar-refractivity contribution is 7.92. The molecule has 3 N–H and O–H groups in total. The number of anilines is 2. The fourth-order valence-corrected chi connectivity index (χ4v) is 2.92. The lowest BCUT2D eigenvalue weighted by Crippen LogP contribution is -2.15. The minimum Gasteiger partial charge on any atom is -0.497 e. The lowest BCUT2D eigenvalue weighted by atomic mass is 10.2. The standard InChI is InChI=1S/C14H13N3O3S/c1-20-12-4-2-3-11(8-12)17-21(18,19)14-6-5-10(9-15)7-13(14)16/h2-8,17H,16H2,1H3. The minimum absolute atomic E-state index is 0.0180. The van der Waals surface area contributed by atoms with Crippen LogP contribution in [0.1, 0.15) is 5.56 Å². The average molecular weight is 303 g/mol. The molecule has 6 nitrogen and oxygen atoms in total. The fourth-order valence-electron chi connectivity index (χ4n) is 1.76. The third kappa shape index (κ3) is 3.24. The largest absolute Gasteiger partial charge is 0.497 e. The van der Waals surface area contributed by atoms with Crippen LogP contribution in [0, 0.1) is 11.3 Å². The summed E-state index contributed by atoms with van der Waals surface area (Å²) in [4.78, 5) is -0.0793. The maximum absolute atomic E-state index is 12.3. The Labute approximate surface area is 122 Å². The number of methoxy groups -OCH3 is 1. The number of nitrogens with zero attached hydrogens (tertiary/aromatic N) is 1. The van der Waals surface area contributed by atoms with E-state index in [1.165, 1.54) is 25.3 Å². The number of nitrogens with one attached hydrogen (secondary N) is 1. The minimum atomic E-state index is -3.83. The summed E-state index contributed by atoms with van der Waals surface area (Å²) >= 11 is 0. The van der Waals surface area contributed by atoms with Crippen LogP contribution in [0.5, 0.6) is 5.75 Å². The Hall–Kier alpha value is -2.72. The number of ether oxygens (including phenoxy) is 1. The zero-order chi connectivity index (χ0) is 15.5. The van der Waals surface area contributed by atoms with Gasteiger partial charge in [-0.2, -0.15) is 5.26 Å². The predicted octanol–water partition coefficient (Wildman–Crippen LogP) is 1.95. The SMILES string of the molecule is COc1cccc(NS(=O)(=O)c2ccc(C#N)cc2N)c1. The lowest BCUT2D eigenvalue weighted by Gasteiger charge is -2.11. The number of benzene rings is 2. The molecule has 0 aromatic heterocycles. The van der Waals surface area contributed by atoms with Crippen molar-refractivity contribution in [1.82, 2.24) is 0 Å². The van der Waals surface area contributed by atoms with Gasteiger partial charge in [-0.15, -0.1) is 0 Å². The monoisotopic (exact) mass is 303 g/mol. The van der Waals surface area contributed by atoms with Crippen molar-refractivity contribution in [3.8, 4) is 11.8 Å². The van der Waals surface area contributed by atoms with E-state index in [9.17, 15) is 8.42 Å². The molecule has 0 radical (unpaired) electrons. The normalized spacial score (nSPS) is 10.7. The van der Waals surface area contributed by atoms with E-state index < -0.39 is 10.0 Å². The van der Waals surface area contributed by atoms with Gasteiger partial charge in [-0.25, -0.2) is 8.42 Å². The Morgan fingerprint density at radius 1 is 1.24 bits per heavy atom. The first-order valence-electron chi connectivity index (χ1n) is 5.93. The number of sulfonamides is 1. The number of rotatable bonds is 4. The molecule has 0 unspecified atom stereocenters. The van der Waals surface area contributed by atoms with Crippen molar-refractivity contribution in [3.63, 3.8) is 0 Å². The third-order valence-corrected chi connectivity index (χ3v) is 4.21. The van der Waals surface area contributed by atoms with E-state index in [4.69, 9.17) is 15.7 Å². The predicted molar refractivity (Wildman–Crippen MR) is 79.4 cm³/mol. The van der Waals surface area contributed by atoms with Gasteiger partial charge in [0, 0.05) is 6.07 Å². The maximum Gasteiger partial charge on any atom is 0.263 e.